The molecule has 0 spiro atoms. The van der Waals surface area contributed by atoms with Crippen LogP contribution in [0, 0.1) is 0 Å². The standard InChI is InChI=1S/C17H26BNO6/c1-16(2)17(3,4)25-18(24-16)13-5-7-14(8-6-13)23-12-10-19(9-11-20)15(21)22/h5-8,20H,9-12H2,1-4H3,(H,21,22). The molecule has 2 N–H and O–H groups in total. The van der Waals surface area contributed by atoms with Crippen LogP contribution in [0.3, 0.4) is 0 Å². The summed E-state index contributed by atoms with van der Waals surface area (Å²) in [5.41, 5.74) is 0.123. The molecule has 1 amide bonds. The van der Waals surface area contributed by atoms with E-state index in [1.807, 2.05) is 39.8 Å². The minimum absolute atomic E-state index is 0.0690. The van der Waals surface area contributed by atoms with Crippen molar-refractivity contribution in [3.8, 4) is 5.75 Å². The highest BCUT2D eigenvalue weighted by Gasteiger charge is 2.51. The SMILES string of the molecule is CC1(C)OB(c2ccc(OCCN(CCO)C(=O)O)cc2)OC1(C)C. The third-order valence-corrected chi connectivity index (χ3v) is 4.68. The van der Waals surface area contributed by atoms with Gasteiger partial charge in [-0.15, -0.1) is 0 Å². The first kappa shape index (κ1) is 19.6. The van der Waals surface area contributed by atoms with Crippen molar-refractivity contribution in [3.05, 3.63) is 24.3 Å². The van der Waals surface area contributed by atoms with Gasteiger partial charge in [-0.2, -0.15) is 0 Å². The van der Waals surface area contributed by atoms with Crippen molar-refractivity contribution in [2.45, 2.75) is 38.9 Å². The third-order valence-electron chi connectivity index (χ3n) is 4.68. The van der Waals surface area contributed by atoms with Gasteiger partial charge in [-0.3, -0.25) is 0 Å². The van der Waals surface area contributed by atoms with Gasteiger partial charge in [0.05, 0.1) is 24.4 Å². The number of ether oxygens (including phenoxy) is 1. The molecule has 1 aliphatic heterocycles. The lowest BCUT2D eigenvalue weighted by Gasteiger charge is -2.32. The Morgan fingerprint density at radius 2 is 1.68 bits per heavy atom. The predicted octanol–water partition coefficient (Wildman–Crippen LogP) is 1.34. The molecule has 138 valence electrons. The molecule has 1 aliphatic rings. The summed E-state index contributed by atoms with van der Waals surface area (Å²) in [6, 6.07) is 7.36. The first-order chi connectivity index (χ1) is 11.7. The molecule has 1 aromatic carbocycles. The maximum atomic E-state index is 11.0. The molecule has 0 aromatic heterocycles. The van der Waals surface area contributed by atoms with Crippen LogP contribution >= 0.6 is 0 Å². The lowest BCUT2D eigenvalue weighted by molar-refractivity contribution is 0.00578. The number of rotatable bonds is 7. The molecule has 0 unspecified atom stereocenters. The lowest BCUT2D eigenvalue weighted by atomic mass is 9.79. The summed E-state index contributed by atoms with van der Waals surface area (Å²) in [5.74, 6) is 0.634. The number of nitrogens with zero attached hydrogens (tertiary/aromatic N) is 1. The smallest absolute Gasteiger partial charge is 0.492 e. The summed E-state index contributed by atoms with van der Waals surface area (Å²) in [6.07, 6.45) is -1.08. The van der Waals surface area contributed by atoms with Gasteiger partial charge >= 0.3 is 13.2 Å². The minimum Gasteiger partial charge on any atom is -0.492 e. The first-order valence-corrected chi connectivity index (χ1v) is 8.33. The van der Waals surface area contributed by atoms with Crippen molar-refractivity contribution >= 4 is 18.7 Å². The zero-order valence-corrected chi connectivity index (χ0v) is 15.2. The van der Waals surface area contributed by atoms with Crippen LogP contribution < -0.4 is 10.2 Å². The van der Waals surface area contributed by atoms with Crippen molar-refractivity contribution in [2.75, 3.05) is 26.3 Å². The average Bonchev–Trinajstić information content (AvgIpc) is 2.75. The fourth-order valence-corrected chi connectivity index (χ4v) is 2.40. The van der Waals surface area contributed by atoms with E-state index in [-0.39, 0.29) is 37.5 Å². The number of aliphatic hydroxyl groups excluding tert-OH is 1. The number of hydrogen-bond acceptors (Lipinski definition) is 5. The predicted molar refractivity (Wildman–Crippen MR) is 94.3 cm³/mol. The summed E-state index contributed by atoms with van der Waals surface area (Å²) >= 11 is 0. The summed E-state index contributed by atoms with van der Waals surface area (Å²) in [6.45, 7) is 8.28. The van der Waals surface area contributed by atoms with E-state index in [2.05, 4.69) is 0 Å². The average molecular weight is 351 g/mol. The van der Waals surface area contributed by atoms with Crippen LogP contribution in [-0.2, 0) is 9.31 Å². The molecule has 7 nitrogen and oxygen atoms in total. The first-order valence-electron chi connectivity index (χ1n) is 8.33. The van der Waals surface area contributed by atoms with E-state index in [1.54, 1.807) is 12.1 Å². The molecule has 8 heteroatoms. The van der Waals surface area contributed by atoms with E-state index in [0.29, 0.717) is 5.75 Å². The fourth-order valence-electron chi connectivity index (χ4n) is 2.40. The van der Waals surface area contributed by atoms with E-state index in [4.69, 9.17) is 24.3 Å². The van der Waals surface area contributed by atoms with Crippen LogP contribution in [0.4, 0.5) is 4.79 Å². The normalized spacial score (nSPS) is 18.2. The third kappa shape index (κ3) is 4.65. The van der Waals surface area contributed by atoms with E-state index in [1.165, 1.54) is 0 Å². The molecule has 25 heavy (non-hydrogen) atoms. The van der Waals surface area contributed by atoms with Gasteiger partial charge in [-0.05, 0) is 45.3 Å². The van der Waals surface area contributed by atoms with Gasteiger partial charge in [-0.25, -0.2) is 4.79 Å². The van der Waals surface area contributed by atoms with Gasteiger partial charge in [-0.1, -0.05) is 12.1 Å². The lowest BCUT2D eigenvalue weighted by Crippen LogP contribution is -2.41. The van der Waals surface area contributed by atoms with Crippen molar-refractivity contribution in [1.82, 2.24) is 4.90 Å². The number of carboxylic acid groups (broad SMARTS) is 1. The number of aliphatic hydroxyl groups is 1. The quantitative estimate of drug-likeness (QED) is 0.721. The number of hydrogen-bond donors (Lipinski definition) is 2. The number of amides is 1. The van der Waals surface area contributed by atoms with Crippen LogP contribution in [0.5, 0.6) is 5.75 Å². The highest BCUT2D eigenvalue weighted by atomic mass is 16.7. The van der Waals surface area contributed by atoms with Crippen LogP contribution in [0.1, 0.15) is 27.7 Å². The van der Waals surface area contributed by atoms with Gasteiger partial charge in [0.2, 0.25) is 0 Å². The van der Waals surface area contributed by atoms with Gasteiger partial charge in [0.1, 0.15) is 12.4 Å². The minimum atomic E-state index is -1.08. The molecule has 1 heterocycles. The van der Waals surface area contributed by atoms with Gasteiger partial charge < -0.3 is 29.2 Å². The molecule has 0 aliphatic carbocycles. The van der Waals surface area contributed by atoms with E-state index in [0.717, 1.165) is 10.4 Å². The van der Waals surface area contributed by atoms with Crippen molar-refractivity contribution in [3.63, 3.8) is 0 Å². The van der Waals surface area contributed by atoms with E-state index >= 15 is 0 Å². The van der Waals surface area contributed by atoms with Crippen LogP contribution in [0.25, 0.3) is 0 Å². The van der Waals surface area contributed by atoms with Crippen LogP contribution in [0.15, 0.2) is 24.3 Å². The second-order valence-electron chi connectivity index (χ2n) is 7.00. The maximum absolute atomic E-state index is 11.0. The van der Waals surface area contributed by atoms with Crippen molar-refractivity contribution < 1.29 is 29.1 Å². The molecule has 0 saturated carbocycles. The molecule has 0 radical (unpaired) electrons. The molecular weight excluding hydrogens is 325 g/mol. The summed E-state index contributed by atoms with van der Waals surface area (Å²) in [7, 11) is -0.425. The monoisotopic (exact) mass is 351 g/mol. The molecular formula is C17H26BNO6. The summed E-state index contributed by atoms with van der Waals surface area (Å²) < 4.78 is 17.6. The Kier molecular flexibility index (Phi) is 5.97. The molecule has 1 fully saturated rings. The Hall–Kier alpha value is -1.77. The Balaban J connectivity index is 1.89. The second kappa shape index (κ2) is 7.64. The number of benzene rings is 1. The van der Waals surface area contributed by atoms with Gasteiger partial charge in [0, 0.05) is 6.54 Å². The zero-order chi connectivity index (χ0) is 18.7. The van der Waals surface area contributed by atoms with E-state index in [9.17, 15) is 4.79 Å². The van der Waals surface area contributed by atoms with E-state index < -0.39 is 13.2 Å². The van der Waals surface area contributed by atoms with Crippen molar-refractivity contribution in [1.29, 1.82) is 0 Å². The molecule has 0 atom stereocenters. The zero-order valence-electron chi connectivity index (χ0n) is 15.2. The highest BCUT2D eigenvalue weighted by molar-refractivity contribution is 6.62. The molecule has 1 aromatic rings. The summed E-state index contributed by atoms with van der Waals surface area (Å²) in [5, 5.41) is 17.8. The topological polar surface area (TPSA) is 88.5 Å². The molecule has 1 saturated heterocycles. The van der Waals surface area contributed by atoms with Crippen LogP contribution in [0.2, 0.25) is 0 Å². The van der Waals surface area contributed by atoms with Gasteiger partial charge in [0.15, 0.2) is 0 Å². The molecule has 0 bridgehead atoms. The Morgan fingerprint density at radius 1 is 1.12 bits per heavy atom. The largest absolute Gasteiger partial charge is 0.494 e. The van der Waals surface area contributed by atoms with Crippen molar-refractivity contribution in [2.24, 2.45) is 0 Å². The number of carbonyl (C=O) groups is 1. The van der Waals surface area contributed by atoms with Crippen LogP contribution in [-0.4, -0.2) is 65.8 Å². The molecule has 2 rings (SSSR count). The summed E-state index contributed by atoms with van der Waals surface area (Å²) in [4.78, 5) is 12.1. The van der Waals surface area contributed by atoms with Gasteiger partial charge in [0.25, 0.3) is 0 Å². The Morgan fingerprint density at radius 3 is 2.16 bits per heavy atom. The second-order valence-corrected chi connectivity index (χ2v) is 7.00. The Labute approximate surface area is 148 Å². The Bertz CT molecular complexity index is 573. The highest BCUT2D eigenvalue weighted by Crippen LogP contribution is 2.36. The fraction of sp³-hybridized carbons (Fsp3) is 0.588. The maximum Gasteiger partial charge on any atom is 0.494 e.